The highest BCUT2D eigenvalue weighted by Crippen LogP contribution is 2.23. The maximum atomic E-state index is 6.06. The van der Waals surface area contributed by atoms with Gasteiger partial charge in [0, 0.05) is 18.9 Å². The molecule has 0 fully saturated rings. The van der Waals surface area contributed by atoms with Gasteiger partial charge in [-0.15, -0.1) is 0 Å². The summed E-state index contributed by atoms with van der Waals surface area (Å²) in [6.45, 7) is 3.77. The molecule has 0 unspecified atom stereocenters. The third-order valence-electron chi connectivity index (χ3n) is 3.43. The number of fused-ring (bicyclic) bond motifs is 1. The average Bonchev–Trinajstić information content (AvgIpc) is 2.88. The van der Waals surface area contributed by atoms with Crippen LogP contribution < -0.4 is 10.6 Å². The van der Waals surface area contributed by atoms with Crippen LogP contribution in [0.1, 0.15) is 12.6 Å². The van der Waals surface area contributed by atoms with Crippen molar-refractivity contribution in [2.75, 3.05) is 17.2 Å². The molecular weight excluding hydrogens is 248 g/mol. The van der Waals surface area contributed by atoms with Gasteiger partial charge in [-0.25, -0.2) is 4.98 Å². The number of rotatable bonds is 4. The van der Waals surface area contributed by atoms with Gasteiger partial charge in [0.25, 0.3) is 0 Å². The number of hydrogen-bond donors (Lipinski definition) is 1. The number of hydrogen-bond acceptors (Lipinski definition) is 3. The third-order valence-corrected chi connectivity index (χ3v) is 3.43. The molecule has 1 aromatic carbocycles. The molecule has 4 heteroatoms. The monoisotopic (exact) mass is 266 g/mol. The molecule has 0 bridgehead atoms. The molecule has 102 valence electrons. The van der Waals surface area contributed by atoms with Crippen LogP contribution in [0.15, 0.2) is 54.9 Å². The Balaban J connectivity index is 1.90. The highest BCUT2D eigenvalue weighted by Gasteiger charge is 2.10. The summed E-state index contributed by atoms with van der Waals surface area (Å²) in [4.78, 5) is 6.87. The van der Waals surface area contributed by atoms with E-state index in [1.165, 1.54) is 0 Å². The Morgan fingerprint density at radius 1 is 1.15 bits per heavy atom. The van der Waals surface area contributed by atoms with E-state index in [0.717, 1.165) is 35.8 Å². The fraction of sp³-hybridized carbons (Fsp3) is 0.188. The van der Waals surface area contributed by atoms with Gasteiger partial charge in [0.05, 0.1) is 23.6 Å². The second kappa shape index (κ2) is 5.25. The van der Waals surface area contributed by atoms with Gasteiger partial charge in [-0.2, -0.15) is 0 Å². The maximum Gasteiger partial charge on any atom is 0.137 e. The summed E-state index contributed by atoms with van der Waals surface area (Å²) >= 11 is 0. The molecule has 0 aliphatic heterocycles. The Hall–Kier alpha value is -2.49. The highest BCUT2D eigenvalue weighted by molar-refractivity contribution is 5.67. The fourth-order valence-electron chi connectivity index (χ4n) is 2.40. The van der Waals surface area contributed by atoms with Gasteiger partial charge in [0.2, 0.25) is 0 Å². The lowest BCUT2D eigenvalue weighted by Crippen LogP contribution is -2.23. The van der Waals surface area contributed by atoms with Crippen molar-refractivity contribution in [3.05, 3.63) is 60.6 Å². The van der Waals surface area contributed by atoms with Crippen molar-refractivity contribution in [3.63, 3.8) is 0 Å². The van der Waals surface area contributed by atoms with Crippen LogP contribution >= 0.6 is 0 Å². The Labute approximate surface area is 118 Å². The number of nitrogens with zero attached hydrogens (tertiary/aromatic N) is 3. The van der Waals surface area contributed by atoms with E-state index in [0.29, 0.717) is 0 Å². The summed E-state index contributed by atoms with van der Waals surface area (Å²) in [5.41, 5.74) is 9.94. The summed E-state index contributed by atoms with van der Waals surface area (Å²) in [5, 5.41) is 0. The fourth-order valence-corrected chi connectivity index (χ4v) is 2.40. The standard InChI is InChI=1S/C16H18N4/c1-2-19(15-8-4-3-7-14(15)17)11-13-12-20-10-6-5-9-16(20)18-13/h3-10,12H,2,11,17H2,1H3. The first-order valence-corrected chi connectivity index (χ1v) is 6.80. The van der Waals surface area contributed by atoms with Crippen LogP contribution in [0.2, 0.25) is 0 Å². The van der Waals surface area contributed by atoms with Gasteiger partial charge >= 0.3 is 0 Å². The molecule has 2 N–H and O–H groups in total. The van der Waals surface area contributed by atoms with Crippen LogP contribution in [0.3, 0.4) is 0 Å². The zero-order valence-corrected chi connectivity index (χ0v) is 11.5. The SMILES string of the molecule is CCN(Cc1cn2ccccc2n1)c1ccccc1N. The molecule has 3 aromatic rings. The van der Waals surface area contributed by atoms with Gasteiger partial charge < -0.3 is 15.0 Å². The van der Waals surface area contributed by atoms with Gasteiger partial charge in [-0.3, -0.25) is 0 Å². The summed E-state index contributed by atoms with van der Waals surface area (Å²) < 4.78 is 2.04. The molecule has 0 saturated heterocycles. The summed E-state index contributed by atoms with van der Waals surface area (Å²) in [7, 11) is 0. The number of pyridine rings is 1. The maximum absolute atomic E-state index is 6.06. The van der Waals surface area contributed by atoms with Crippen LogP contribution in [0, 0.1) is 0 Å². The number of anilines is 2. The third kappa shape index (κ3) is 2.32. The van der Waals surface area contributed by atoms with E-state index < -0.39 is 0 Å². The summed E-state index contributed by atoms with van der Waals surface area (Å²) in [5.74, 6) is 0. The minimum atomic E-state index is 0.756. The van der Waals surface area contributed by atoms with Crippen LogP contribution in [0.25, 0.3) is 5.65 Å². The van der Waals surface area contributed by atoms with Crippen LogP contribution in [0.5, 0.6) is 0 Å². The molecule has 0 radical (unpaired) electrons. The second-order valence-corrected chi connectivity index (χ2v) is 4.77. The highest BCUT2D eigenvalue weighted by atomic mass is 15.1. The van der Waals surface area contributed by atoms with E-state index >= 15 is 0 Å². The number of para-hydroxylation sites is 2. The molecule has 0 aliphatic carbocycles. The Bertz CT molecular complexity index is 684. The molecule has 0 spiro atoms. The Kier molecular flexibility index (Phi) is 3.29. The smallest absolute Gasteiger partial charge is 0.137 e. The molecule has 2 aromatic heterocycles. The minimum Gasteiger partial charge on any atom is -0.397 e. The second-order valence-electron chi connectivity index (χ2n) is 4.77. The Morgan fingerprint density at radius 3 is 2.70 bits per heavy atom. The van der Waals surface area contributed by atoms with Gasteiger partial charge in [0.1, 0.15) is 5.65 Å². The van der Waals surface area contributed by atoms with Gasteiger partial charge in [-0.05, 0) is 31.2 Å². The molecule has 3 rings (SSSR count). The zero-order chi connectivity index (χ0) is 13.9. The van der Waals surface area contributed by atoms with Crippen molar-refractivity contribution in [1.82, 2.24) is 9.38 Å². The lowest BCUT2D eigenvalue weighted by Gasteiger charge is -2.23. The topological polar surface area (TPSA) is 46.6 Å². The predicted molar refractivity (Wildman–Crippen MR) is 82.8 cm³/mol. The van der Waals surface area contributed by atoms with E-state index in [-0.39, 0.29) is 0 Å². The molecule has 2 heterocycles. The first-order valence-electron chi connectivity index (χ1n) is 6.80. The lowest BCUT2D eigenvalue weighted by atomic mass is 10.2. The minimum absolute atomic E-state index is 0.756. The van der Waals surface area contributed by atoms with Gasteiger partial charge in [-0.1, -0.05) is 18.2 Å². The number of nitrogens with two attached hydrogens (primary N) is 1. The quantitative estimate of drug-likeness (QED) is 0.738. The predicted octanol–water partition coefficient (Wildman–Crippen LogP) is 2.94. The van der Waals surface area contributed by atoms with Crippen LogP contribution in [0.4, 0.5) is 11.4 Å². The van der Waals surface area contributed by atoms with Crippen molar-refractivity contribution >= 4 is 17.0 Å². The van der Waals surface area contributed by atoms with Gasteiger partial charge in [0.15, 0.2) is 0 Å². The normalized spacial score (nSPS) is 10.8. The van der Waals surface area contributed by atoms with E-state index in [2.05, 4.69) is 29.1 Å². The van der Waals surface area contributed by atoms with Crippen molar-refractivity contribution in [2.24, 2.45) is 0 Å². The average molecular weight is 266 g/mol. The molecular formula is C16H18N4. The van der Waals surface area contributed by atoms with Crippen LogP contribution in [-0.2, 0) is 6.54 Å². The first-order chi connectivity index (χ1) is 9.78. The molecule has 0 saturated carbocycles. The van der Waals surface area contributed by atoms with Crippen molar-refractivity contribution in [1.29, 1.82) is 0 Å². The number of nitrogen functional groups attached to an aromatic ring is 1. The summed E-state index contributed by atoms with van der Waals surface area (Å²) in [6.07, 6.45) is 4.08. The van der Waals surface area contributed by atoms with E-state index in [4.69, 9.17) is 5.73 Å². The number of imidazole rings is 1. The van der Waals surface area contributed by atoms with E-state index in [9.17, 15) is 0 Å². The number of benzene rings is 1. The molecule has 0 atom stereocenters. The summed E-state index contributed by atoms with van der Waals surface area (Å²) in [6, 6.07) is 14.0. The zero-order valence-electron chi connectivity index (χ0n) is 11.5. The molecule has 4 nitrogen and oxygen atoms in total. The van der Waals surface area contributed by atoms with Crippen LogP contribution in [-0.4, -0.2) is 15.9 Å². The van der Waals surface area contributed by atoms with E-state index in [1.54, 1.807) is 0 Å². The lowest BCUT2D eigenvalue weighted by molar-refractivity contribution is 0.817. The van der Waals surface area contributed by atoms with Crippen molar-refractivity contribution in [2.45, 2.75) is 13.5 Å². The first kappa shape index (κ1) is 12.5. The Morgan fingerprint density at radius 2 is 1.95 bits per heavy atom. The molecule has 0 aliphatic rings. The number of aromatic nitrogens is 2. The molecule has 0 amide bonds. The van der Waals surface area contributed by atoms with Crippen molar-refractivity contribution in [3.8, 4) is 0 Å². The van der Waals surface area contributed by atoms with Crippen molar-refractivity contribution < 1.29 is 0 Å². The molecule has 20 heavy (non-hydrogen) atoms. The van der Waals surface area contributed by atoms with E-state index in [1.807, 2.05) is 47.0 Å². The largest absolute Gasteiger partial charge is 0.397 e.